The molecule has 0 fully saturated rings. The van der Waals surface area contributed by atoms with Gasteiger partial charge < -0.3 is 14.4 Å². The first-order valence-corrected chi connectivity index (χ1v) is 7.08. The van der Waals surface area contributed by atoms with Gasteiger partial charge in [-0.3, -0.25) is 4.79 Å². The summed E-state index contributed by atoms with van der Waals surface area (Å²) in [7, 11) is 0. The molecule has 0 amide bonds. The molecule has 0 atom stereocenters. The average molecular weight is 275 g/mol. The number of hydrogen-bond acceptors (Lipinski definition) is 2. The van der Waals surface area contributed by atoms with Crippen molar-refractivity contribution >= 4 is 16.9 Å². The second kappa shape index (κ2) is 7.10. The summed E-state index contributed by atoms with van der Waals surface area (Å²) in [5, 5.41) is 9.95. The molecule has 4 heteroatoms. The molecule has 0 saturated carbocycles. The van der Waals surface area contributed by atoms with Crippen LogP contribution >= 0.6 is 0 Å². The highest BCUT2D eigenvalue weighted by Gasteiger charge is 2.08. The van der Waals surface area contributed by atoms with E-state index in [9.17, 15) is 4.79 Å². The number of carboxylic acid groups (broad SMARTS) is 1. The minimum Gasteiger partial charge on any atom is -0.481 e. The molecule has 0 unspecified atom stereocenters. The predicted octanol–water partition coefficient (Wildman–Crippen LogP) is 3.09. The van der Waals surface area contributed by atoms with Crippen molar-refractivity contribution in [3.05, 3.63) is 36.0 Å². The van der Waals surface area contributed by atoms with Crippen molar-refractivity contribution in [1.82, 2.24) is 4.57 Å². The van der Waals surface area contributed by atoms with Crippen molar-refractivity contribution < 1.29 is 14.6 Å². The molecule has 0 saturated heterocycles. The molecule has 4 nitrogen and oxygen atoms in total. The van der Waals surface area contributed by atoms with E-state index < -0.39 is 5.97 Å². The standard InChI is InChI=1S/C16H21NO3/c1-2-20-11-10-17-12-13(6-5-9-16(18)19)14-7-3-4-8-15(14)17/h3-4,7-8,12H,2,5-6,9-11H2,1H3,(H,18,19). The van der Waals surface area contributed by atoms with Crippen LogP contribution in [0.3, 0.4) is 0 Å². The van der Waals surface area contributed by atoms with Crippen molar-refractivity contribution in [2.75, 3.05) is 13.2 Å². The summed E-state index contributed by atoms with van der Waals surface area (Å²) >= 11 is 0. The zero-order valence-corrected chi connectivity index (χ0v) is 11.8. The van der Waals surface area contributed by atoms with Crippen LogP contribution in [0.2, 0.25) is 0 Å². The van der Waals surface area contributed by atoms with Gasteiger partial charge in [-0.15, -0.1) is 0 Å². The number of hydrogen-bond donors (Lipinski definition) is 1. The van der Waals surface area contributed by atoms with Crippen molar-refractivity contribution in [2.45, 2.75) is 32.7 Å². The van der Waals surface area contributed by atoms with Crippen LogP contribution in [0.4, 0.5) is 0 Å². The number of aliphatic carboxylic acids is 1. The van der Waals surface area contributed by atoms with Crippen LogP contribution in [-0.2, 0) is 22.5 Å². The van der Waals surface area contributed by atoms with Gasteiger partial charge >= 0.3 is 5.97 Å². The lowest BCUT2D eigenvalue weighted by atomic mass is 10.1. The Morgan fingerprint density at radius 3 is 2.90 bits per heavy atom. The molecule has 108 valence electrons. The minimum absolute atomic E-state index is 0.221. The van der Waals surface area contributed by atoms with Crippen LogP contribution in [0, 0.1) is 0 Å². The summed E-state index contributed by atoms with van der Waals surface area (Å²) in [6, 6.07) is 8.25. The molecule has 1 aromatic heterocycles. The average Bonchev–Trinajstić information content (AvgIpc) is 2.78. The number of rotatable bonds is 8. The quantitative estimate of drug-likeness (QED) is 0.753. The molecule has 0 aliphatic heterocycles. The van der Waals surface area contributed by atoms with E-state index in [2.05, 4.69) is 22.9 Å². The van der Waals surface area contributed by atoms with Crippen LogP contribution in [0.25, 0.3) is 10.9 Å². The molecule has 0 bridgehead atoms. The smallest absolute Gasteiger partial charge is 0.303 e. The van der Waals surface area contributed by atoms with Crippen molar-refractivity contribution in [2.24, 2.45) is 0 Å². The topological polar surface area (TPSA) is 51.5 Å². The van der Waals surface area contributed by atoms with Gasteiger partial charge in [0.2, 0.25) is 0 Å². The Hall–Kier alpha value is -1.81. The molecule has 0 spiro atoms. The molecular formula is C16H21NO3. The molecule has 2 rings (SSSR count). The number of aromatic nitrogens is 1. The minimum atomic E-state index is -0.731. The van der Waals surface area contributed by atoms with Crippen molar-refractivity contribution in [1.29, 1.82) is 0 Å². The molecule has 0 aliphatic carbocycles. The van der Waals surface area contributed by atoms with Crippen LogP contribution in [0.1, 0.15) is 25.3 Å². The second-order valence-electron chi connectivity index (χ2n) is 4.81. The van der Waals surface area contributed by atoms with Crippen LogP contribution in [0.15, 0.2) is 30.5 Å². The van der Waals surface area contributed by atoms with E-state index >= 15 is 0 Å². The lowest BCUT2D eigenvalue weighted by Gasteiger charge is -2.04. The van der Waals surface area contributed by atoms with E-state index in [0.29, 0.717) is 13.0 Å². The summed E-state index contributed by atoms with van der Waals surface area (Å²) in [4.78, 5) is 10.6. The first-order valence-electron chi connectivity index (χ1n) is 7.08. The molecule has 2 aromatic rings. The monoisotopic (exact) mass is 275 g/mol. The van der Waals surface area contributed by atoms with E-state index in [4.69, 9.17) is 9.84 Å². The number of carboxylic acids is 1. The van der Waals surface area contributed by atoms with E-state index in [-0.39, 0.29) is 6.42 Å². The van der Waals surface area contributed by atoms with Gasteiger partial charge in [-0.2, -0.15) is 0 Å². The Bertz CT molecular complexity index is 574. The molecule has 20 heavy (non-hydrogen) atoms. The lowest BCUT2D eigenvalue weighted by Crippen LogP contribution is -2.04. The van der Waals surface area contributed by atoms with Gasteiger partial charge in [-0.1, -0.05) is 18.2 Å². The number of nitrogens with zero attached hydrogens (tertiary/aromatic N) is 1. The Morgan fingerprint density at radius 2 is 2.15 bits per heavy atom. The number of para-hydroxylation sites is 1. The van der Waals surface area contributed by atoms with Crippen molar-refractivity contribution in [3.63, 3.8) is 0 Å². The number of carbonyl (C=O) groups is 1. The van der Waals surface area contributed by atoms with Crippen LogP contribution < -0.4 is 0 Å². The molecule has 1 heterocycles. The number of aryl methyl sites for hydroxylation is 1. The van der Waals surface area contributed by atoms with Crippen molar-refractivity contribution in [3.8, 4) is 0 Å². The molecular weight excluding hydrogens is 254 g/mol. The zero-order chi connectivity index (χ0) is 14.4. The van der Waals surface area contributed by atoms with E-state index in [1.807, 2.05) is 19.1 Å². The first kappa shape index (κ1) is 14.6. The fourth-order valence-corrected chi connectivity index (χ4v) is 2.44. The van der Waals surface area contributed by atoms with Gasteiger partial charge in [0.05, 0.1) is 6.61 Å². The summed E-state index contributed by atoms with van der Waals surface area (Å²) in [5.74, 6) is -0.731. The van der Waals surface area contributed by atoms with E-state index in [0.717, 1.165) is 19.6 Å². The van der Waals surface area contributed by atoms with Gasteiger partial charge in [-0.05, 0) is 31.4 Å². The first-order chi connectivity index (χ1) is 9.72. The Kier molecular flexibility index (Phi) is 5.18. The van der Waals surface area contributed by atoms with Crippen LogP contribution in [0.5, 0.6) is 0 Å². The molecule has 0 radical (unpaired) electrons. The molecule has 1 N–H and O–H groups in total. The third kappa shape index (κ3) is 3.61. The van der Waals surface area contributed by atoms with Gasteiger partial charge in [0.1, 0.15) is 0 Å². The van der Waals surface area contributed by atoms with Gasteiger partial charge in [0, 0.05) is 36.7 Å². The molecule has 0 aliphatic rings. The van der Waals surface area contributed by atoms with Gasteiger partial charge in [-0.25, -0.2) is 0 Å². The lowest BCUT2D eigenvalue weighted by molar-refractivity contribution is -0.137. The Morgan fingerprint density at radius 1 is 1.35 bits per heavy atom. The Labute approximate surface area is 119 Å². The largest absolute Gasteiger partial charge is 0.481 e. The summed E-state index contributed by atoms with van der Waals surface area (Å²) in [5.41, 5.74) is 2.41. The van der Waals surface area contributed by atoms with Gasteiger partial charge in [0.15, 0.2) is 0 Å². The van der Waals surface area contributed by atoms with E-state index in [1.54, 1.807) is 0 Å². The summed E-state index contributed by atoms with van der Waals surface area (Å²) in [6.45, 7) is 4.24. The molecule has 1 aromatic carbocycles. The highest BCUT2D eigenvalue weighted by molar-refractivity contribution is 5.84. The Balaban J connectivity index is 2.14. The maximum absolute atomic E-state index is 10.6. The summed E-state index contributed by atoms with van der Waals surface area (Å²) in [6.07, 6.45) is 3.83. The third-order valence-electron chi connectivity index (χ3n) is 3.39. The van der Waals surface area contributed by atoms with Crippen LogP contribution in [-0.4, -0.2) is 28.9 Å². The number of benzene rings is 1. The maximum Gasteiger partial charge on any atom is 0.303 e. The summed E-state index contributed by atoms with van der Waals surface area (Å²) < 4.78 is 7.61. The zero-order valence-electron chi connectivity index (χ0n) is 11.8. The predicted molar refractivity (Wildman–Crippen MR) is 79.0 cm³/mol. The SMILES string of the molecule is CCOCCn1cc(CCCC(=O)O)c2ccccc21. The third-order valence-corrected chi connectivity index (χ3v) is 3.39. The highest BCUT2D eigenvalue weighted by Crippen LogP contribution is 2.22. The fourth-order valence-electron chi connectivity index (χ4n) is 2.44. The fraction of sp³-hybridized carbons (Fsp3) is 0.438. The second-order valence-corrected chi connectivity index (χ2v) is 4.81. The highest BCUT2D eigenvalue weighted by atomic mass is 16.5. The number of fused-ring (bicyclic) bond motifs is 1. The van der Waals surface area contributed by atoms with Gasteiger partial charge in [0.25, 0.3) is 0 Å². The number of ether oxygens (including phenoxy) is 1. The normalized spacial score (nSPS) is 11.1. The van der Waals surface area contributed by atoms with E-state index in [1.165, 1.54) is 16.5 Å². The maximum atomic E-state index is 10.6.